The van der Waals surface area contributed by atoms with Crippen molar-refractivity contribution in [1.29, 1.82) is 0 Å². The van der Waals surface area contributed by atoms with Crippen molar-refractivity contribution in [2.45, 2.75) is 12.1 Å². The molecule has 0 bridgehead atoms. The van der Waals surface area contributed by atoms with E-state index in [4.69, 9.17) is 9.47 Å². The van der Waals surface area contributed by atoms with Crippen molar-refractivity contribution in [3.8, 4) is 0 Å². The molecular weight excluding hydrogens is 484 g/mol. The monoisotopic (exact) mass is 510 g/mol. The highest BCUT2D eigenvalue weighted by Gasteiger charge is 2.19. The van der Waals surface area contributed by atoms with Gasteiger partial charge in [-0.1, -0.05) is 60.7 Å². The first-order valence-electron chi connectivity index (χ1n) is 9.99. The number of esters is 2. The van der Waals surface area contributed by atoms with E-state index in [-0.39, 0.29) is 13.2 Å². The van der Waals surface area contributed by atoms with E-state index in [0.717, 1.165) is 24.7 Å². The minimum Gasteiger partial charge on any atom is -0.460 e. The van der Waals surface area contributed by atoms with Gasteiger partial charge in [-0.05, 0) is 11.1 Å². The fourth-order valence-electron chi connectivity index (χ4n) is 2.85. The molecule has 2 aromatic rings. The van der Waals surface area contributed by atoms with Crippen LogP contribution in [0.15, 0.2) is 72.8 Å². The first-order valence-corrected chi connectivity index (χ1v) is 13.8. The molecule has 10 nitrogen and oxygen atoms in total. The van der Waals surface area contributed by atoms with E-state index in [1.807, 2.05) is 0 Å². The second kappa shape index (κ2) is 12.4. The number of benzene rings is 2. The van der Waals surface area contributed by atoms with E-state index in [9.17, 15) is 26.4 Å². The van der Waals surface area contributed by atoms with Gasteiger partial charge in [-0.3, -0.25) is 0 Å². The van der Waals surface area contributed by atoms with Gasteiger partial charge in [0.25, 0.3) is 0 Å². The zero-order chi connectivity index (χ0) is 25.2. The summed E-state index contributed by atoms with van der Waals surface area (Å²) in [5.74, 6) is -1.77. The van der Waals surface area contributed by atoms with Crippen molar-refractivity contribution in [3.05, 3.63) is 83.9 Å². The van der Waals surface area contributed by atoms with Gasteiger partial charge in [0.05, 0.1) is 24.6 Å². The predicted molar refractivity (Wildman–Crippen MR) is 125 cm³/mol. The summed E-state index contributed by atoms with van der Waals surface area (Å²) >= 11 is 0. The molecule has 0 saturated heterocycles. The fraction of sp³-hybridized carbons (Fsp3) is 0.273. The molecule has 184 valence electrons. The number of rotatable bonds is 12. The molecule has 34 heavy (non-hydrogen) atoms. The molecule has 2 atom stereocenters. The summed E-state index contributed by atoms with van der Waals surface area (Å²) < 4.78 is 61.4. The Morgan fingerprint density at radius 3 is 1.32 bits per heavy atom. The quantitative estimate of drug-likeness (QED) is 0.320. The maximum absolute atomic E-state index is 12.0. The molecule has 0 radical (unpaired) electrons. The molecule has 0 spiro atoms. The average molecular weight is 511 g/mol. The number of ether oxygens (including phenoxy) is 2. The Hall–Kier alpha value is -3.06. The van der Waals surface area contributed by atoms with E-state index < -0.39 is 44.1 Å². The van der Waals surface area contributed by atoms with Crippen LogP contribution in [-0.4, -0.2) is 54.5 Å². The molecule has 0 aromatic heterocycles. The van der Waals surface area contributed by atoms with Gasteiger partial charge in [0.1, 0.15) is 13.2 Å². The highest BCUT2D eigenvalue weighted by atomic mass is 32.2. The molecular formula is C22H26N2O8S2. The Kier molecular flexibility index (Phi) is 9.93. The van der Waals surface area contributed by atoms with Gasteiger partial charge < -0.3 is 9.47 Å². The summed E-state index contributed by atoms with van der Waals surface area (Å²) in [4.78, 5) is 24.0. The van der Waals surface area contributed by atoms with E-state index in [1.165, 1.54) is 0 Å². The Morgan fingerprint density at radius 2 is 1.03 bits per heavy atom. The Bertz CT molecular complexity index is 1100. The molecule has 0 fully saturated rings. The lowest BCUT2D eigenvalue weighted by atomic mass is 10.1. The Balaban J connectivity index is 1.93. The average Bonchev–Trinajstić information content (AvgIpc) is 2.77. The maximum atomic E-state index is 12.0. The van der Waals surface area contributed by atoms with Gasteiger partial charge in [-0.25, -0.2) is 35.9 Å². The summed E-state index contributed by atoms with van der Waals surface area (Å²) in [5, 5.41) is 0. The van der Waals surface area contributed by atoms with Gasteiger partial charge in [0.15, 0.2) is 0 Å². The number of carbonyl (C=O) groups excluding carboxylic acids is 2. The number of sulfonamides is 2. The van der Waals surface area contributed by atoms with Crippen LogP contribution in [0.25, 0.3) is 0 Å². The lowest BCUT2D eigenvalue weighted by Gasteiger charge is -2.18. The van der Waals surface area contributed by atoms with Crippen molar-refractivity contribution >= 4 is 32.0 Å². The van der Waals surface area contributed by atoms with Gasteiger partial charge in [0.2, 0.25) is 20.0 Å². The topological polar surface area (TPSA) is 145 Å². The van der Waals surface area contributed by atoms with Gasteiger partial charge >= 0.3 is 11.9 Å². The van der Waals surface area contributed by atoms with Crippen molar-refractivity contribution < 1.29 is 35.9 Å². The fourth-order valence-corrected chi connectivity index (χ4v) is 4.29. The van der Waals surface area contributed by atoms with Crippen molar-refractivity contribution in [1.82, 2.24) is 9.44 Å². The van der Waals surface area contributed by atoms with Gasteiger partial charge in [-0.2, -0.15) is 0 Å². The third-order valence-corrected chi connectivity index (χ3v) is 5.68. The summed E-state index contributed by atoms with van der Waals surface area (Å²) in [5.41, 5.74) is 1.18. The molecule has 2 rings (SSSR count). The van der Waals surface area contributed by atoms with Crippen molar-refractivity contribution in [3.63, 3.8) is 0 Å². The smallest absolute Gasteiger partial charge is 0.331 e. The minimum absolute atomic E-state index is 0.302. The highest BCUT2D eigenvalue weighted by molar-refractivity contribution is 7.89. The second-order valence-electron chi connectivity index (χ2n) is 7.30. The molecule has 0 unspecified atom stereocenters. The molecule has 2 aromatic carbocycles. The van der Waals surface area contributed by atoms with Crippen molar-refractivity contribution in [2.24, 2.45) is 0 Å². The molecule has 12 heteroatoms. The summed E-state index contributed by atoms with van der Waals surface area (Å²) in [6.45, 7) is -0.604. The summed E-state index contributed by atoms with van der Waals surface area (Å²) in [7, 11) is -7.16. The van der Waals surface area contributed by atoms with E-state index in [0.29, 0.717) is 11.1 Å². The van der Waals surface area contributed by atoms with Crippen LogP contribution in [0.2, 0.25) is 0 Å². The molecule has 0 amide bonds. The first kappa shape index (κ1) is 27.2. The third-order valence-electron chi connectivity index (χ3n) is 4.26. The SMILES string of the molecule is CS(=O)(=O)N[C@H](COC(=O)/C=C/C(=O)OC[C@@H](NS(C)(=O)=O)c1ccccc1)c1ccccc1. The number of carbonyl (C=O) groups is 2. The standard InChI is InChI=1S/C22H26N2O8S2/c1-33(27,28)23-19(17-9-5-3-6-10-17)15-31-21(25)13-14-22(26)32-16-20(24-34(2,29)30)18-11-7-4-8-12-18/h3-14,19-20,23-24H,15-16H2,1-2H3/b14-13+/t19-,20-/m1/s1. The lowest BCUT2D eigenvalue weighted by molar-refractivity contribution is -0.141. The number of hydrogen-bond acceptors (Lipinski definition) is 8. The molecule has 2 N–H and O–H groups in total. The molecule has 0 aliphatic rings. The summed E-state index contributed by atoms with van der Waals surface area (Å²) in [6, 6.07) is 15.5. The zero-order valence-electron chi connectivity index (χ0n) is 18.6. The van der Waals surface area contributed by atoms with Gasteiger partial charge in [0, 0.05) is 12.2 Å². The largest absolute Gasteiger partial charge is 0.460 e. The number of hydrogen-bond donors (Lipinski definition) is 2. The van der Waals surface area contributed by atoms with Crippen molar-refractivity contribution in [2.75, 3.05) is 25.7 Å². The number of nitrogens with one attached hydrogen (secondary N) is 2. The van der Waals surface area contributed by atoms with Crippen LogP contribution in [0.5, 0.6) is 0 Å². The van der Waals surface area contributed by atoms with Crippen LogP contribution in [-0.2, 0) is 39.1 Å². The molecule has 0 aliphatic carbocycles. The Morgan fingerprint density at radius 1 is 0.706 bits per heavy atom. The normalized spacial score (nSPS) is 13.8. The zero-order valence-corrected chi connectivity index (χ0v) is 20.2. The predicted octanol–water partition coefficient (Wildman–Crippen LogP) is 1.21. The second-order valence-corrected chi connectivity index (χ2v) is 10.9. The first-order chi connectivity index (χ1) is 15.9. The van der Waals surface area contributed by atoms with Crippen LogP contribution in [0.3, 0.4) is 0 Å². The van der Waals surface area contributed by atoms with E-state index in [2.05, 4.69) is 9.44 Å². The van der Waals surface area contributed by atoms with Gasteiger partial charge in [-0.15, -0.1) is 0 Å². The highest BCUT2D eigenvalue weighted by Crippen LogP contribution is 2.15. The minimum atomic E-state index is -3.58. The van der Waals surface area contributed by atoms with Crippen LogP contribution in [0, 0.1) is 0 Å². The van der Waals surface area contributed by atoms with E-state index >= 15 is 0 Å². The Labute approximate surface area is 199 Å². The molecule has 0 saturated carbocycles. The van der Waals surface area contributed by atoms with E-state index in [1.54, 1.807) is 60.7 Å². The lowest BCUT2D eigenvalue weighted by Crippen LogP contribution is -2.31. The maximum Gasteiger partial charge on any atom is 0.331 e. The molecule has 0 aliphatic heterocycles. The van der Waals surface area contributed by atoms with Crippen LogP contribution >= 0.6 is 0 Å². The van der Waals surface area contributed by atoms with Crippen LogP contribution < -0.4 is 9.44 Å². The van der Waals surface area contributed by atoms with Crippen LogP contribution in [0.1, 0.15) is 23.2 Å². The molecule has 0 heterocycles. The summed E-state index contributed by atoms with van der Waals surface area (Å²) in [6.07, 6.45) is 3.66. The van der Waals surface area contributed by atoms with Crippen LogP contribution in [0.4, 0.5) is 0 Å². The third kappa shape index (κ3) is 10.7.